The molecule has 4 aliphatic rings. The van der Waals surface area contributed by atoms with Crippen molar-refractivity contribution in [1.82, 2.24) is 0 Å². The summed E-state index contributed by atoms with van der Waals surface area (Å²) in [6, 6.07) is 0. The molecule has 0 aromatic heterocycles. The molecular weight excluding hydrogens is 364 g/mol. The molecule has 10 atom stereocenters. The molecule has 0 aliphatic heterocycles. The second-order valence-corrected chi connectivity index (χ2v) is 11.5. The Morgan fingerprint density at radius 2 is 1.69 bits per heavy atom. The molecule has 166 valence electrons. The lowest BCUT2D eigenvalue weighted by Crippen LogP contribution is -2.58. The maximum absolute atomic E-state index is 11.6. The molecule has 4 rings (SSSR count). The Kier molecular flexibility index (Phi) is 5.83. The van der Waals surface area contributed by atoms with E-state index in [0.29, 0.717) is 41.4 Å². The van der Waals surface area contributed by atoms with Gasteiger partial charge in [-0.05, 0) is 104 Å². The first-order valence-corrected chi connectivity index (χ1v) is 12.1. The first kappa shape index (κ1) is 21.6. The Labute approximate surface area is 176 Å². The molecular formula is C25H42O4. The van der Waals surface area contributed by atoms with Gasteiger partial charge in [0.25, 0.3) is 0 Å². The van der Waals surface area contributed by atoms with Gasteiger partial charge in [-0.15, -0.1) is 0 Å². The van der Waals surface area contributed by atoms with Crippen LogP contribution in [0.4, 0.5) is 0 Å². The van der Waals surface area contributed by atoms with Gasteiger partial charge in [0.05, 0.1) is 19.3 Å². The average Bonchev–Trinajstić information content (AvgIpc) is 3.05. The number of ether oxygens (including phenoxy) is 1. The van der Waals surface area contributed by atoms with E-state index in [4.69, 9.17) is 4.74 Å². The maximum Gasteiger partial charge on any atom is 0.305 e. The van der Waals surface area contributed by atoms with Crippen molar-refractivity contribution in [2.75, 3.05) is 7.11 Å². The van der Waals surface area contributed by atoms with Crippen LogP contribution in [0.2, 0.25) is 0 Å². The third-order valence-electron chi connectivity index (χ3n) is 10.4. The maximum atomic E-state index is 11.6. The van der Waals surface area contributed by atoms with Crippen LogP contribution in [0.3, 0.4) is 0 Å². The third kappa shape index (κ3) is 3.46. The van der Waals surface area contributed by atoms with Gasteiger partial charge >= 0.3 is 5.97 Å². The normalized spacial score (nSPS) is 50.2. The summed E-state index contributed by atoms with van der Waals surface area (Å²) in [6.07, 6.45) is 9.77. The highest BCUT2D eigenvalue weighted by Crippen LogP contribution is 2.68. The van der Waals surface area contributed by atoms with E-state index in [1.165, 1.54) is 32.8 Å². The lowest BCUT2D eigenvalue weighted by atomic mass is 9.44. The second kappa shape index (κ2) is 7.82. The fraction of sp³-hybridized carbons (Fsp3) is 0.960. The van der Waals surface area contributed by atoms with Gasteiger partial charge in [0.15, 0.2) is 0 Å². The summed E-state index contributed by atoms with van der Waals surface area (Å²) >= 11 is 0. The van der Waals surface area contributed by atoms with Crippen molar-refractivity contribution in [3.05, 3.63) is 0 Å². The highest BCUT2D eigenvalue weighted by molar-refractivity contribution is 5.69. The first-order valence-electron chi connectivity index (χ1n) is 12.1. The number of esters is 1. The van der Waals surface area contributed by atoms with Crippen LogP contribution >= 0.6 is 0 Å². The van der Waals surface area contributed by atoms with E-state index in [1.54, 1.807) is 0 Å². The Morgan fingerprint density at radius 3 is 2.41 bits per heavy atom. The zero-order valence-corrected chi connectivity index (χ0v) is 18.9. The van der Waals surface area contributed by atoms with Gasteiger partial charge in [0.2, 0.25) is 0 Å². The van der Waals surface area contributed by atoms with Crippen LogP contribution in [-0.2, 0) is 9.53 Å². The number of methoxy groups -OCH3 is 1. The number of aliphatic hydroxyl groups excluding tert-OH is 2. The van der Waals surface area contributed by atoms with E-state index < -0.39 is 0 Å². The number of hydrogen-bond donors (Lipinski definition) is 2. The first-order chi connectivity index (χ1) is 13.7. The fourth-order valence-electron chi connectivity index (χ4n) is 8.90. The van der Waals surface area contributed by atoms with E-state index in [0.717, 1.165) is 32.1 Å². The average molecular weight is 407 g/mol. The summed E-state index contributed by atoms with van der Waals surface area (Å²) in [6.45, 7) is 7.28. The largest absolute Gasteiger partial charge is 0.469 e. The molecule has 0 bridgehead atoms. The third-order valence-corrected chi connectivity index (χ3v) is 10.4. The highest BCUT2D eigenvalue weighted by atomic mass is 16.5. The van der Waals surface area contributed by atoms with E-state index >= 15 is 0 Å². The monoisotopic (exact) mass is 406 g/mol. The SMILES string of the molecule is COC(=O)CC[C@@H](C)[C@H]1CC[C@H]2[C@@H]3CC(O)C4CC(O)CC[C@]4(C)[C@H]3CC[C@]12C. The number of fused-ring (bicyclic) bond motifs is 5. The van der Waals surface area contributed by atoms with Gasteiger partial charge in [-0.3, -0.25) is 4.79 Å². The zero-order valence-electron chi connectivity index (χ0n) is 18.9. The van der Waals surface area contributed by atoms with E-state index in [1.807, 2.05) is 0 Å². The lowest BCUT2D eigenvalue weighted by Gasteiger charge is -2.62. The number of carbonyl (C=O) groups excluding carboxylic acids is 1. The molecule has 0 saturated heterocycles. The van der Waals surface area contributed by atoms with Crippen molar-refractivity contribution in [3.8, 4) is 0 Å². The Morgan fingerprint density at radius 1 is 1.00 bits per heavy atom. The molecule has 3 unspecified atom stereocenters. The minimum atomic E-state index is -0.255. The molecule has 4 nitrogen and oxygen atoms in total. The highest BCUT2D eigenvalue weighted by Gasteiger charge is 2.62. The van der Waals surface area contributed by atoms with Crippen molar-refractivity contribution < 1.29 is 19.7 Å². The molecule has 2 N–H and O–H groups in total. The van der Waals surface area contributed by atoms with Crippen LogP contribution in [0.15, 0.2) is 0 Å². The standard InChI is InChI=1S/C25H42O4/c1-15(5-8-23(28)29-4)18-6-7-19-17-14-22(27)21-13-16(26)9-11-25(21,3)20(17)10-12-24(18,19)2/h15-22,26-27H,5-14H2,1-4H3/t15-,16?,17+,18-,19+,20+,21?,22?,24-,25-/m1/s1. The van der Waals surface area contributed by atoms with Crippen LogP contribution in [0, 0.1) is 46.3 Å². The van der Waals surface area contributed by atoms with E-state index in [-0.39, 0.29) is 29.5 Å². The topological polar surface area (TPSA) is 66.8 Å². The molecule has 0 aromatic rings. The van der Waals surface area contributed by atoms with Crippen LogP contribution in [0.1, 0.15) is 85.0 Å². The molecule has 0 heterocycles. The van der Waals surface area contributed by atoms with Gasteiger partial charge in [0, 0.05) is 6.42 Å². The van der Waals surface area contributed by atoms with Crippen LogP contribution in [-0.4, -0.2) is 35.5 Å². The number of carbonyl (C=O) groups is 1. The van der Waals surface area contributed by atoms with Crippen molar-refractivity contribution in [2.45, 2.75) is 97.2 Å². The number of aliphatic hydroxyl groups is 2. The summed E-state index contributed by atoms with van der Waals surface area (Å²) in [5.41, 5.74) is 0.533. The molecule has 4 aliphatic carbocycles. The predicted molar refractivity (Wildman–Crippen MR) is 113 cm³/mol. The predicted octanol–water partition coefficient (Wildman–Crippen LogP) is 4.57. The van der Waals surface area contributed by atoms with E-state index in [9.17, 15) is 15.0 Å². The van der Waals surface area contributed by atoms with Gasteiger partial charge in [-0.25, -0.2) is 0 Å². The van der Waals surface area contributed by atoms with Crippen LogP contribution in [0.25, 0.3) is 0 Å². The van der Waals surface area contributed by atoms with E-state index in [2.05, 4.69) is 20.8 Å². The summed E-state index contributed by atoms with van der Waals surface area (Å²) in [4.78, 5) is 11.6. The molecule has 4 saturated carbocycles. The smallest absolute Gasteiger partial charge is 0.305 e. The molecule has 0 spiro atoms. The molecule has 4 fully saturated rings. The fourth-order valence-corrected chi connectivity index (χ4v) is 8.90. The summed E-state index contributed by atoms with van der Waals surface area (Å²) in [7, 11) is 1.48. The Balaban J connectivity index is 1.52. The van der Waals surface area contributed by atoms with Crippen molar-refractivity contribution >= 4 is 5.97 Å². The Hall–Kier alpha value is -0.610. The minimum absolute atomic E-state index is 0.0888. The van der Waals surface area contributed by atoms with Crippen LogP contribution < -0.4 is 0 Å². The summed E-state index contributed by atoms with van der Waals surface area (Å²) < 4.78 is 4.86. The number of hydrogen-bond acceptors (Lipinski definition) is 4. The number of rotatable bonds is 4. The molecule has 0 aromatic carbocycles. The molecule has 0 radical (unpaired) electrons. The van der Waals surface area contributed by atoms with Crippen molar-refractivity contribution in [2.24, 2.45) is 46.3 Å². The lowest BCUT2D eigenvalue weighted by molar-refractivity contribution is -0.172. The molecule has 29 heavy (non-hydrogen) atoms. The second-order valence-electron chi connectivity index (χ2n) is 11.5. The van der Waals surface area contributed by atoms with Gasteiger partial charge in [-0.2, -0.15) is 0 Å². The minimum Gasteiger partial charge on any atom is -0.469 e. The summed E-state index contributed by atoms with van der Waals surface area (Å²) in [5.74, 6) is 3.42. The Bertz CT molecular complexity index is 620. The molecule has 0 amide bonds. The van der Waals surface area contributed by atoms with Crippen molar-refractivity contribution in [1.29, 1.82) is 0 Å². The molecule has 4 heteroatoms. The summed E-state index contributed by atoms with van der Waals surface area (Å²) in [5, 5.41) is 21.3. The van der Waals surface area contributed by atoms with Crippen molar-refractivity contribution in [3.63, 3.8) is 0 Å². The quantitative estimate of drug-likeness (QED) is 0.671. The van der Waals surface area contributed by atoms with Gasteiger partial charge in [0.1, 0.15) is 0 Å². The van der Waals surface area contributed by atoms with Crippen LogP contribution in [0.5, 0.6) is 0 Å². The van der Waals surface area contributed by atoms with Gasteiger partial charge in [-0.1, -0.05) is 20.8 Å². The van der Waals surface area contributed by atoms with Gasteiger partial charge < -0.3 is 14.9 Å². The zero-order chi connectivity index (χ0) is 21.0.